The Morgan fingerprint density at radius 1 is 1.54 bits per heavy atom. The van der Waals surface area contributed by atoms with E-state index in [9.17, 15) is 9.59 Å². The molecule has 3 N–H and O–H groups in total. The Hall–Kier alpha value is -1.54. The predicted octanol–water partition coefficient (Wildman–Crippen LogP) is -1.04. The fourth-order valence-electron chi connectivity index (χ4n) is 0.556. The van der Waals surface area contributed by atoms with Crippen molar-refractivity contribution in [1.82, 2.24) is 5.32 Å². The average Bonchev–Trinajstić information content (AvgIpc) is 2.04. The van der Waals surface area contributed by atoms with Gasteiger partial charge in [-0.25, -0.2) is 4.79 Å². The van der Waals surface area contributed by atoms with E-state index in [0.717, 1.165) is 0 Å². The zero-order valence-electron chi connectivity index (χ0n) is 7.42. The minimum atomic E-state index is -1.67. The normalized spacial score (nSPS) is 13.5. The molecule has 5 heteroatoms. The summed E-state index contributed by atoms with van der Waals surface area (Å²) in [5.41, 5.74) is -1.67. The molecule has 0 saturated heterocycles. The lowest BCUT2D eigenvalue weighted by Gasteiger charge is -2.21. The monoisotopic (exact) mass is 185 g/mol. The van der Waals surface area contributed by atoms with Crippen LogP contribution in [0.25, 0.3) is 0 Å². The first-order chi connectivity index (χ1) is 5.96. The predicted molar refractivity (Wildman–Crippen MR) is 44.7 cm³/mol. The van der Waals surface area contributed by atoms with Gasteiger partial charge in [0.15, 0.2) is 5.54 Å². The van der Waals surface area contributed by atoms with Crippen molar-refractivity contribution in [3.05, 3.63) is 0 Å². The molecule has 1 amide bonds. The van der Waals surface area contributed by atoms with Gasteiger partial charge in [0.2, 0.25) is 0 Å². The molecule has 0 aliphatic rings. The Balaban J connectivity index is 4.51. The summed E-state index contributed by atoms with van der Waals surface area (Å²) in [6.45, 7) is 1.97. The SMILES string of the molecule is CC#CC(=O)NC(C)(CO)C(=O)O. The zero-order valence-corrected chi connectivity index (χ0v) is 7.42. The van der Waals surface area contributed by atoms with Gasteiger partial charge in [-0.2, -0.15) is 0 Å². The van der Waals surface area contributed by atoms with E-state index in [1.165, 1.54) is 13.8 Å². The summed E-state index contributed by atoms with van der Waals surface area (Å²) in [4.78, 5) is 21.4. The molecule has 0 fully saturated rings. The number of carboxylic acid groups (broad SMARTS) is 1. The van der Waals surface area contributed by atoms with E-state index in [1.54, 1.807) is 0 Å². The molecule has 0 saturated carbocycles. The lowest BCUT2D eigenvalue weighted by molar-refractivity contribution is -0.147. The van der Waals surface area contributed by atoms with Crippen LogP contribution >= 0.6 is 0 Å². The minimum Gasteiger partial charge on any atom is -0.479 e. The molecule has 0 aromatic rings. The Morgan fingerprint density at radius 2 is 2.08 bits per heavy atom. The number of nitrogens with one attached hydrogen (secondary N) is 1. The molecule has 1 atom stereocenters. The number of rotatable bonds is 3. The highest BCUT2D eigenvalue weighted by molar-refractivity contribution is 5.97. The average molecular weight is 185 g/mol. The molecular weight excluding hydrogens is 174 g/mol. The fraction of sp³-hybridized carbons (Fsp3) is 0.500. The van der Waals surface area contributed by atoms with Gasteiger partial charge in [-0.3, -0.25) is 4.79 Å². The van der Waals surface area contributed by atoms with E-state index in [1.807, 2.05) is 0 Å². The maximum absolute atomic E-state index is 10.9. The molecule has 0 rings (SSSR count). The first-order valence-corrected chi connectivity index (χ1v) is 3.55. The number of aliphatic carboxylic acids is 1. The van der Waals surface area contributed by atoms with Gasteiger partial charge in [-0.15, -0.1) is 0 Å². The van der Waals surface area contributed by atoms with E-state index in [4.69, 9.17) is 10.2 Å². The van der Waals surface area contributed by atoms with Crippen LogP contribution in [0, 0.1) is 11.8 Å². The summed E-state index contributed by atoms with van der Waals surface area (Å²) < 4.78 is 0. The molecule has 72 valence electrons. The molecule has 0 heterocycles. The number of hydrogen-bond donors (Lipinski definition) is 3. The van der Waals surface area contributed by atoms with Crippen LogP contribution in [0.2, 0.25) is 0 Å². The van der Waals surface area contributed by atoms with Gasteiger partial charge >= 0.3 is 5.97 Å². The summed E-state index contributed by atoms with van der Waals surface area (Å²) in [5.74, 6) is 2.41. The molecule has 0 radical (unpaired) electrons. The van der Waals surface area contributed by atoms with Crippen LogP contribution in [-0.2, 0) is 9.59 Å². The van der Waals surface area contributed by atoms with Gasteiger partial charge in [-0.1, -0.05) is 5.92 Å². The van der Waals surface area contributed by atoms with Crippen molar-refractivity contribution in [3.63, 3.8) is 0 Å². The molecule has 1 unspecified atom stereocenters. The number of hydrogen-bond acceptors (Lipinski definition) is 3. The standard InChI is InChI=1S/C8H11NO4/c1-3-4-6(11)9-8(2,5-10)7(12)13/h10H,5H2,1-2H3,(H,9,11)(H,12,13). The Bertz CT molecular complexity index is 276. The largest absolute Gasteiger partial charge is 0.479 e. The highest BCUT2D eigenvalue weighted by Crippen LogP contribution is 2.01. The van der Waals surface area contributed by atoms with E-state index >= 15 is 0 Å². The fourth-order valence-corrected chi connectivity index (χ4v) is 0.556. The highest BCUT2D eigenvalue weighted by atomic mass is 16.4. The van der Waals surface area contributed by atoms with Crippen molar-refractivity contribution >= 4 is 11.9 Å². The van der Waals surface area contributed by atoms with Crippen LogP contribution in [0.5, 0.6) is 0 Å². The van der Waals surface area contributed by atoms with E-state index < -0.39 is 24.0 Å². The molecule has 13 heavy (non-hydrogen) atoms. The van der Waals surface area contributed by atoms with Crippen molar-refractivity contribution in [2.75, 3.05) is 6.61 Å². The van der Waals surface area contributed by atoms with Crippen molar-refractivity contribution in [2.45, 2.75) is 19.4 Å². The molecule has 0 bridgehead atoms. The molecule has 0 spiro atoms. The van der Waals surface area contributed by atoms with Crippen LogP contribution in [-0.4, -0.2) is 34.2 Å². The number of carbonyl (C=O) groups excluding carboxylic acids is 1. The van der Waals surface area contributed by atoms with E-state index in [0.29, 0.717) is 0 Å². The lowest BCUT2D eigenvalue weighted by Crippen LogP contribution is -2.54. The third-order valence-corrected chi connectivity index (χ3v) is 1.42. The van der Waals surface area contributed by atoms with Gasteiger partial charge in [-0.05, 0) is 19.8 Å². The Labute approximate surface area is 75.8 Å². The van der Waals surface area contributed by atoms with Crippen molar-refractivity contribution < 1.29 is 19.8 Å². The van der Waals surface area contributed by atoms with Crippen LogP contribution in [0.3, 0.4) is 0 Å². The second-order valence-electron chi connectivity index (χ2n) is 2.62. The maximum Gasteiger partial charge on any atom is 0.331 e. The third-order valence-electron chi connectivity index (χ3n) is 1.42. The molecule has 0 aromatic carbocycles. The maximum atomic E-state index is 10.9. The molecule has 0 aliphatic heterocycles. The molecule has 0 aromatic heterocycles. The van der Waals surface area contributed by atoms with Gasteiger partial charge < -0.3 is 15.5 Å². The lowest BCUT2D eigenvalue weighted by atomic mass is 10.0. The minimum absolute atomic E-state index is 0.681. The zero-order chi connectivity index (χ0) is 10.5. The quantitative estimate of drug-likeness (QED) is 0.490. The number of carbonyl (C=O) groups is 2. The Morgan fingerprint density at radius 3 is 2.38 bits per heavy atom. The van der Waals surface area contributed by atoms with Gasteiger partial charge in [0, 0.05) is 0 Å². The van der Waals surface area contributed by atoms with E-state index in [2.05, 4.69) is 17.2 Å². The second-order valence-corrected chi connectivity index (χ2v) is 2.62. The first kappa shape index (κ1) is 11.5. The summed E-state index contributed by atoms with van der Waals surface area (Å²) in [5, 5.41) is 19.4. The van der Waals surface area contributed by atoms with Crippen molar-refractivity contribution in [2.24, 2.45) is 0 Å². The van der Waals surface area contributed by atoms with Crippen LogP contribution in [0.1, 0.15) is 13.8 Å². The smallest absolute Gasteiger partial charge is 0.331 e. The van der Waals surface area contributed by atoms with Gasteiger partial charge in [0.25, 0.3) is 5.91 Å². The number of aliphatic hydroxyl groups is 1. The van der Waals surface area contributed by atoms with Crippen LogP contribution < -0.4 is 5.32 Å². The molecule has 0 aliphatic carbocycles. The molecular formula is C8H11NO4. The van der Waals surface area contributed by atoms with Gasteiger partial charge in [0.1, 0.15) is 0 Å². The summed E-state index contributed by atoms with van der Waals surface area (Å²) in [6.07, 6.45) is 0. The van der Waals surface area contributed by atoms with Crippen molar-refractivity contribution in [1.29, 1.82) is 0 Å². The number of amides is 1. The highest BCUT2D eigenvalue weighted by Gasteiger charge is 2.33. The van der Waals surface area contributed by atoms with E-state index in [-0.39, 0.29) is 0 Å². The third kappa shape index (κ3) is 3.13. The topological polar surface area (TPSA) is 86.6 Å². The van der Waals surface area contributed by atoms with Crippen molar-refractivity contribution in [3.8, 4) is 11.8 Å². The van der Waals surface area contributed by atoms with Gasteiger partial charge in [0.05, 0.1) is 6.61 Å². The van der Waals surface area contributed by atoms with Crippen LogP contribution in [0.15, 0.2) is 0 Å². The number of aliphatic hydroxyl groups excluding tert-OH is 1. The first-order valence-electron chi connectivity index (χ1n) is 3.55. The molecule has 5 nitrogen and oxygen atoms in total. The van der Waals surface area contributed by atoms with Crippen LogP contribution in [0.4, 0.5) is 0 Å². The Kier molecular flexibility index (Phi) is 3.95. The summed E-state index contributed by atoms with van der Waals surface area (Å²) in [6, 6.07) is 0. The second kappa shape index (κ2) is 4.48. The summed E-state index contributed by atoms with van der Waals surface area (Å²) >= 11 is 0. The number of carboxylic acids is 1. The summed E-state index contributed by atoms with van der Waals surface area (Å²) in [7, 11) is 0.